The van der Waals surface area contributed by atoms with E-state index in [1.807, 2.05) is 17.5 Å². The lowest BCUT2D eigenvalue weighted by Gasteiger charge is -2.19. The number of hydrogen-bond acceptors (Lipinski definition) is 4. The second kappa shape index (κ2) is 6.32. The molecule has 0 aliphatic heterocycles. The third kappa shape index (κ3) is 3.35. The minimum Gasteiger partial charge on any atom is -0.206 e. The van der Waals surface area contributed by atoms with Gasteiger partial charge in [-0.15, -0.1) is 29.3 Å². The molecule has 19 heavy (non-hydrogen) atoms. The molecule has 0 atom stereocenters. The van der Waals surface area contributed by atoms with E-state index >= 15 is 0 Å². The molecule has 7 heteroatoms. The molecule has 0 saturated carbocycles. The molecular weight excluding hydrogens is 366 g/mol. The van der Waals surface area contributed by atoms with Crippen LogP contribution in [0, 0.1) is 0 Å². The first kappa shape index (κ1) is 14.9. The van der Waals surface area contributed by atoms with Crippen molar-refractivity contribution in [3.05, 3.63) is 51.0 Å². The molecule has 0 N–H and O–H groups in total. The molecule has 0 aliphatic rings. The zero-order valence-corrected chi connectivity index (χ0v) is 14.0. The first-order chi connectivity index (χ1) is 9.05. The summed E-state index contributed by atoms with van der Waals surface area (Å²) in [6.07, 6.45) is 1.60. The zero-order chi connectivity index (χ0) is 13.9. The molecule has 2 heterocycles. The molecule has 2 aromatic heterocycles. The van der Waals surface area contributed by atoms with Crippen LogP contribution in [0.1, 0.15) is 4.88 Å². The molecule has 0 aromatic carbocycles. The molecule has 102 valence electrons. The van der Waals surface area contributed by atoms with Crippen molar-refractivity contribution in [1.29, 1.82) is 0 Å². The van der Waals surface area contributed by atoms with Gasteiger partial charge in [-0.1, -0.05) is 12.1 Å². The van der Waals surface area contributed by atoms with Gasteiger partial charge >= 0.3 is 0 Å². The number of thiophene rings is 2. The van der Waals surface area contributed by atoms with Crippen LogP contribution in [0.4, 0.5) is 0 Å². The van der Waals surface area contributed by atoms with Gasteiger partial charge in [0.05, 0.1) is 0 Å². The molecule has 0 spiro atoms. The molecule has 0 radical (unpaired) electrons. The summed E-state index contributed by atoms with van der Waals surface area (Å²) in [5.41, 5.74) is 0. The summed E-state index contributed by atoms with van der Waals surface area (Å²) in [4.78, 5) is 1.01. The van der Waals surface area contributed by atoms with Crippen LogP contribution in [-0.4, -0.2) is 19.3 Å². The average Bonchev–Trinajstić information content (AvgIpc) is 2.99. The molecule has 3 nitrogen and oxygen atoms in total. The lowest BCUT2D eigenvalue weighted by atomic mass is 10.4. The smallest absolute Gasteiger partial charge is 0.206 e. The van der Waals surface area contributed by atoms with E-state index in [-0.39, 0.29) is 0 Å². The second-order valence-corrected chi connectivity index (χ2v) is 8.66. The number of nitrogens with zero attached hydrogens (tertiary/aromatic N) is 1. The van der Waals surface area contributed by atoms with E-state index < -0.39 is 10.0 Å². The summed E-state index contributed by atoms with van der Waals surface area (Å²) in [6, 6.07) is 5.59. The fourth-order valence-corrected chi connectivity index (χ4v) is 6.19. The van der Waals surface area contributed by atoms with Crippen LogP contribution in [0.25, 0.3) is 0 Å². The predicted molar refractivity (Wildman–Crippen MR) is 84.1 cm³/mol. The van der Waals surface area contributed by atoms with Gasteiger partial charge < -0.3 is 0 Å². The van der Waals surface area contributed by atoms with Crippen molar-refractivity contribution in [3.8, 4) is 0 Å². The lowest BCUT2D eigenvalue weighted by Crippen LogP contribution is -2.30. The number of sulfonamides is 1. The van der Waals surface area contributed by atoms with Crippen molar-refractivity contribution < 1.29 is 8.42 Å². The van der Waals surface area contributed by atoms with E-state index in [1.165, 1.54) is 15.6 Å². The summed E-state index contributed by atoms with van der Waals surface area (Å²) >= 11 is 6.04. The molecule has 0 aliphatic carbocycles. The molecule has 0 bridgehead atoms. The van der Waals surface area contributed by atoms with Crippen LogP contribution in [0.15, 0.2) is 50.3 Å². The molecule has 2 rings (SSSR count). The largest absolute Gasteiger partial charge is 0.254 e. The van der Waals surface area contributed by atoms with E-state index in [4.69, 9.17) is 0 Å². The SMILES string of the molecule is C=CCN(Cc1cccs1)S(=O)(=O)c1sccc1Br. The summed E-state index contributed by atoms with van der Waals surface area (Å²) in [5.74, 6) is 0. The van der Waals surface area contributed by atoms with Gasteiger partial charge in [-0.25, -0.2) is 8.42 Å². The summed E-state index contributed by atoms with van der Waals surface area (Å²) in [6.45, 7) is 4.30. The normalized spacial score (nSPS) is 11.9. The minimum absolute atomic E-state index is 0.296. The van der Waals surface area contributed by atoms with Crippen molar-refractivity contribution in [2.24, 2.45) is 0 Å². The van der Waals surface area contributed by atoms with Crippen LogP contribution in [-0.2, 0) is 16.6 Å². The molecule has 0 amide bonds. The summed E-state index contributed by atoms with van der Waals surface area (Å²) in [7, 11) is -3.49. The Morgan fingerprint density at radius 3 is 2.63 bits per heavy atom. The molecule has 0 unspecified atom stereocenters. The van der Waals surface area contributed by atoms with Crippen LogP contribution in [0.2, 0.25) is 0 Å². The predicted octanol–water partition coefficient (Wildman–Crippen LogP) is 3.95. The van der Waals surface area contributed by atoms with Gasteiger partial charge in [-0.3, -0.25) is 0 Å². The topological polar surface area (TPSA) is 37.4 Å². The van der Waals surface area contributed by atoms with Crippen LogP contribution < -0.4 is 0 Å². The fourth-order valence-electron chi connectivity index (χ4n) is 1.55. The van der Waals surface area contributed by atoms with Gasteiger partial charge in [0.2, 0.25) is 0 Å². The van der Waals surface area contributed by atoms with E-state index in [0.29, 0.717) is 21.8 Å². The fraction of sp³-hybridized carbons (Fsp3) is 0.167. The minimum atomic E-state index is -3.49. The highest BCUT2D eigenvalue weighted by molar-refractivity contribution is 9.10. The Bertz CT molecular complexity index is 646. The standard InChI is InChI=1S/C12H12BrNO2S3/c1-2-6-14(9-10-4-3-7-17-10)19(15,16)12-11(13)5-8-18-12/h2-5,7-8H,1,6,9H2. The first-order valence-corrected chi connectivity index (χ1v) is 9.41. The Balaban J connectivity index is 2.33. The van der Waals surface area contributed by atoms with Gasteiger partial charge in [-0.2, -0.15) is 4.31 Å². The van der Waals surface area contributed by atoms with Gasteiger partial charge in [0.25, 0.3) is 10.0 Å². The second-order valence-electron chi connectivity index (χ2n) is 3.72. The maximum Gasteiger partial charge on any atom is 0.254 e. The summed E-state index contributed by atoms with van der Waals surface area (Å²) < 4.78 is 27.6. The highest BCUT2D eigenvalue weighted by Crippen LogP contribution is 2.31. The Morgan fingerprint density at radius 1 is 1.32 bits per heavy atom. The van der Waals surface area contributed by atoms with Gasteiger partial charge in [0.1, 0.15) is 4.21 Å². The van der Waals surface area contributed by atoms with Crippen molar-refractivity contribution in [3.63, 3.8) is 0 Å². The highest BCUT2D eigenvalue weighted by Gasteiger charge is 2.27. The number of halogens is 1. The molecule has 0 saturated heterocycles. The molecular formula is C12H12BrNO2S3. The Kier molecular flexibility index (Phi) is 4.97. The monoisotopic (exact) mass is 377 g/mol. The van der Waals surface area contributed by atoms with Gasteiger partial charge in [0.15, 0.2) is 0 Å². The van der Waals surface area contributed by atoms with Gasteiger partial charge in [0, 0.05) is 22.4 Å². The third-order valence-corrected chi connectivity index (χ3v) is 7.72. The van der Waals surface area contributed by atoms with Crippen molar-refractivity contribution in [2.75, 3.05) is 6.54 Å². The Morgan fingerprint density at radius 2 is 2.11 bits per heavy atom. The highest BCUT2D eigenvalue weighted by atomic mass is 79.9. The van der Waals surface area contributed by atoms with Crippen LogP contribution in [0.5, 0.6) is 0 Å². The lowest BCUT2D eigenvalue weighted by molar-refractivity contribution is 0.442. The summed E-state index contributed by atoms with van der Waals surface area (Å²) in [5, 5.41) is 3.70. The first-order valence-electron chi connectivity index (χ1n) is 5.42. The zero-order valence-electron chi connectivity index (χ0n) is 9.95. The van der Waals surface area contributed by atoms with Crippen molar-refractivity contribution in [2.45, 2.75) is 10.8 Å². The third-order valence-electron chi connectivity index (χ3n) is 2.40. The Labute approximate surface area is 129 Å². The number of rotatable bonds is 6. The average molecular weight is 378 g/mol. The van der Waals surface area contributed by atoms with E-state index in [0.717, 1.165) is 4.88 Å². The molecule has 0 fully saturated rings. The Hall–Kier alpha value is -0.470. The van der Waals surface area contributed by atoms with Gasteiger partial charge in [-0.05, 0) is 38.8 Å². The van der Waals surface area contributed by atoms with E-state index in [9.17, 15) is 8.42 Å². The quantitative estimate of drug-likeness (QED) is 0.714. The molecule has 2 aromatic rings. The van der Waals surface area contributed by atoms with E-state index in [1.54, 1.807) is 28.9 Å². The van der Waals surface area contributed by atoms with Crippen LogP contribution in [0.3, 0.4) is 0 Å². The number of hydrogen-bond donors (Lipinski definition) is 0. The maximum absolute atomic E-state index is 12.6. The van der Waals surface area contributed by atoms with Crippen molar-refractivity contribution >= 4 is 48.6 Å². The maximum atomic E-state index is 12.6. The van der Waals surface area contributed by atoms with Crippen LogP contribution >= 0.6 is 38.6 Å². The van der Waals surface area contributed by atoms with Crippen molar-refractivity contribution in [1.82, 2.24) is 4.31 Å². The van der Waals surface area contributed by atoms with E-state index in [2.05, 4.69) is 22.5 Å².